The van der Waals surface area contributed by atoms with Crippen molar-refractivity contribution in [2.45, 2.75) is 0 Å². The van der Waals surface area contributed by atoms with Gasteiger partial charge >= 0.3 is 0 Å². The van der Waals surface area contributed by atoms with Gasteiger partial charge in [-0.2, -0.15) is 0 Å². The molecule has 12 aromatic rings. The third-order valence-corrected chi connectivity index (χ3v) is 11.7. The van der Waals surface area contributed by atoms with Crippen LogP contribution in [0.3, 0.4) is 0 Å². The largest absolute Gasteiger partial charge is 0.309 e. The Balaban J connectivity index is 1.08. The van der Waals surface area contributed by atoms with Gasteiger partial charge in [-0.1, -0.05) is 152 Å². The molecule has 270 valence electrons. The second-order valence-corrected chi connectivity index (χ2v) is 15.0. The molecule has 0 fully saturated rings. The monoisotopic (exact) mass is 738 g/mol. The highest BCUT2D eigenvalue weighted by molar-refractivity contribution is 6.24. The summed E-state index contributed by atoms with van der Waals surface area (Å²) in [5.41, 5.74) is 13.3. The molecule has 0 spiro atoms. The molecule has 0 amide bonds. The zero-order chi connectivity index (χ0) is 38.2. The average Bonchev–Trinajstić information content (AvgIpc) is 3.82. The first-order valence-electron chi connectivity index (χ1n) is 19.8. The van der Waals surface area contributed by atoms with Crippen LogP contribution >= 0.6 is 0 Å². The van der Waals surface area contributed by atoms with Gasteiger partial charge in [0.25, 0.3) is 0 Å². The Morgan fingerprint density at radius 2 is 0.897 bits per heavy atom. The Hall–Kier alpha value is -7.82. The zero-order valence-electron chi connectivity index (χ0n) is 31.4. The molecule has 0 bridgehead atoms. The second kappa shape index (κ2) is 12.9. The summed E-state index contributed by atoms with van der Waals surface area (Å²) >= 11 is 0. The van der Waals surface area contributed by atoms with Gasteiger partial charge in [-0.05, 0) is 87.6 Å². The lowest BCUT2D eigenvalue weighted by atomic mass is 9.92. The van der Waals surface area contributed by atoms with Crippen molar-refractivity contribution in [1.82, 2.24) is 19.1 Å². The second-order valence-electron chi connectivity index (χ2n) is 15.0. The van der Waals surface area contributed by atoms with E-state index in [0.29, 0.717) is 5.95 Å². The maximum atomic E-state index is 5.37. The summed E-state index contributed by atoms with van der Waals surface area (Å²) in [6.07, 6.45) is 0. The molecule has 3 aromatic heterocycles. The van der Waals surface area contributed by atoms with Crippen LogP contribution in [-0.4, -0.2) is 19.1 Å². The van der Waals surface area contributed by atoms with Crippen LogP contribution in [0.15, 0.2) is 206 Å². The molecule has 0 aliphatic carbocycles. The summed E-state index contributed by atoms with van der Waals surface area (Å²) in [4.78, 5) is 10.6. The Morgan fingerprint density at radius 3 is 1.71 bits per heavy atom. The van der Waals surface area contributed by atoms with E-state index in [4.69, 9.17) is 9.97 Å². The van der Waals surface area contributed by atoms with E-state index in [1.54, 1.807) is 0 Å². The molecule has 4 heteroatoms. The molecule has 3 heterocycles. The SMILES string of the molecule is c1ccc(-c2nc(-n3c4ccccc4c4c5ccccc5c(-c5cccc(-c6ccc7c(c6)c6ccccc6n7-c6ccccc6)c5)cc43)nc3ccccc23)cc1. The molecule has 0 saturated heterocycles. The van der Waals surface area contributed by atoms with Gasteiger partial charge in [-0.3, -0.25) is 4.57 Å². The van der Waals surface area contributed by atoms with Crippen LogP contribution < -0.4 is 0 Å². The zero-order valence-corrected chi connectivity index (χ0v) is 31.4. The Labute approximate surface area is 334 Å². The van der Waals surface area contributed by atoms with E-state index in [1.165, 1.54) is 60.0 Å². The molecule has 0 unspecified atom stereocenters. The molecule has 58 heavy (non-hydrogen) atoms. The maximum Gasteiger partial charge on any atom is 0.235 e. The van der Waals surface area contributed by atoms with Crippen LogP contribution in [0.2, 0.25) is 0 Å². The summed E-state index contributed by atoms with van der Waals surface area (Å²) in [6, 6.07) is 73.8. The molecule has 9 aromatic carbocycles. The van der Waals surface area contributed by atoms with Crippen molar-refractivity contribution < 1.29 is 0 Å². The lowest BCUT2D eigenvalue weighted by Gasteiger charge is -2.14. The minimum Gasteiger partial charge on any atom is -0.309 e. The van der Waals surface area contributed by atoms with E-state index in [1.807, 2.05) is 6.07 Å². The van der Waals surface area contributed by atoms with Crippen molar-refractivity contribution >= 4 is 65.3 Å². The summed E-state index contributed by atoms with van der Waals surface area (Å²) in [5, 5.41) is 8.30. The van der Waals surface area contributed by atoms with Gasteiger partial charge in [0, 0.05) is 38.2 Å². The van der Waals surface area contributed by atoms with Crippen LogP contribution in [0.4, 0.5) is 0 Å². The van der Waals surface area contributed by atoms with Crippen LogP contribution in [-0.2, 0) is 0 Å². The minimum absolute atomic E-state index is 0.654. The van der Waals surface area contributed by atoms with Gasteiger partial charge in [0.2, 0.25) is 5.95 Å². The highest BCUT2D eigenvalue weighted by Crippen LogP contribution is 2.43. The van der Waals surface area contributed by atoms with Crippen molar-refractivity contribution in [3.63, 3.8) is 0 Å². The molecular formula is C54H34N4. The molecule has 0 aliphatic rings. The fourth-order valence-electron chi connectivity index (χ4n) is 9.14. The first kappa shape index (κ1) is 32.4. The summed E-state index contributed by atoms with van der Waals surface area (Å²) in [6.45, 7) is 0. The third kappa shape index (κ3) is 4.95. The predicted octanol–water partition coefficient (Wildman–Crippen LogP) is 14.0. The first-order valence-corrected chi connectivity index (χ1v) is 19.8. The van der Waals surface area contributed by atoms with Crippen LogP contribution in [0.1, 0.15) is 0 Å². The Bertz CT molecular complexity index is 3560. The third-order valence-electron chi connectivity index (χ3n) is 11.7. The molecule has 4 nitrogen and oxygen atoms in total. The number of nitrogens with zero attached hydrogens (tertiary/aromatic N) is 4. The van der Waals surface area contributed by atoms with Crippen LogP contribution in [0.5, 0.6) is 0 Å². The van der Waals surface area contributed by atoms with Gasteiger partial charge in [0.1, 0.15) is 0 Å². The van der Waals surface area contributed by atoms with E-state index in [9.17, 15) is 0 Å². The van der Waals surface area contributed by atoms with E-state index in [0.717, 1.165) is 44.4 Å². The number of benzene rings is 9. The Morgan fingerprint density at radius 1 is 0.310 bits per heavy atom. The van der Waals surface area contributed by atoms with E-state index in [-0.39, 0.29) is 0 Å². The number of hydrogen-bond donors (Lipinski definition) is 0. The van der Waals surface area contributed by atoms with E-state index >= 15 is 0 Å². The average molecular weight is 739 g/mol. The quantitative estimate of drug-likeness (QED) is 0.176. The molecule has 0 radical (unpaired) electrons. The highest BCUT2D eigenvalue weighted by atomic mass is 15.2. The van der Waals surface area contributed by atoms with Gasteiger partial charge in [-0.25, -0.2) is 9.97 Å². The van der Waals surface area contributed by atoms with Crippen molar-refractivity contribution in [2.24, 2.45) is 0 Å². The lowest BCUT2D eigenvalue weighted by molar-refractivity contribution is 1.01. The molecule has 0 atom stereocenters. The molecule has 0 aliphatic heterocycles. The summed E-state index contributed by atoms with van der Waals surface area (Å²) < 4.78 is 4.63. The lowest BCUT2D eigenvalue weighted by Crippen LogP contribution is -2.03. The minimum atomic E-state index is 0.654. The van der Waals surface area contributed by atoms with Gasteiger partial charge in [-0.15, -0.1) is 0 Å². The number of fused-ring (bicyclic) bond motifs is 9. The fourth-order valence-corrected chi connectivity index (χ4v) is 9.14. The molecule has 0 N–H and O–H groups in total. The number of aromatic nitrogens is 4. The van der Waals surface area contributed by atoms with Gasteiger partial charge in [0.15, 0.2) is 0 Å². The number of para-hydroxylation sites is 4. The molecule has 12 rings (SSSR count). The van der Waals surface area contributed by atoms with Crippen LogP contribution in [0, 0.1) is 0 Å². The van der Waals surface area contributed by atoms with Crippen LogP contribution in [0.25, 0.3) is 110 Å². The normalized spacial score (nSPS) is 11.8. The van der Waals surface area contributed by atoms with E-state index in [2.05, 4.69) is 209 Å². The van der Waals surface area contributed by atoms with Gasteiger partial charge in [0.05, 0.1) is 33.3 Å². The topological polar surface area (TPSA) is 35.6 Å². The van der Waals surface area contributed by atoms with Gasteiger partial charge < -0.3 is 4.57 Å². The first-order chi connectivity index (χ1) is 28.8. The summed E-state index contributed by atoms with van der Waals surface area (Å²) in [7, 11) is 0. The van der Waals surface area contributed by atoms with Crippen molar-refractivity contribution in [3.8, 4) is 45.1 Å². The fraction of sp³-hybridized carbons (Fsp3) is 0. The standard InChI is InChI=1S/C54H34N4/c1-3-16-35(17-4-1)53-43-25-9-12-27-47(43)55-54(56-53)58-49-29-14-11-26-44(49)52-42-24-8-7-22-40(42)45(34-51(52)58)38-19-15-18-36(32-38)37-30-31-50-46(33-37)41-23-10-13-28-48(41)57(50)39-20-5-2-6-21-39/h1-34H. The number of hydrogen-bond acceptors (Lipinski definition) is 2. The predicted molar refractivity (Wildman–Crippen MR) is 242 cm³/mol. The van der Waals surface area contributed by atoms with Crippen molar-refractivity contribution in [2.75, 3.05) is 0 Å². The Kier molecular flexibility index (Phi) is 7.20. The molecule has 0 saturated carbocycles. The smallest absolute Gasteiger partial charge is 0.235 e. The molecular weight excluding hydrogens is 705 g/mol. The van der Waals surface area contributed by atoms with E-state index < -0.39 is 0 Å². The highest BCUT2D eigenvalue weighted by Gasteiger charge is 2.21. The summed E-state index contributed by atoms with van der Waals surface area (Å²) in [5.74, 6) is 0.654. The maximum absolute atomic E-state index is 5.37. The van der Waals surface area contributed by atoms with Crippen molar-refractivity contribution in [1.29, 1.82) is 0 Å². The number of rotatable bonds is 5. The van der Waals surface area contributed by atoms with Crippen molar-refractivity contribution in [3.05, 3.63) is 206 Å².